The number of hydrogen-bond acceptors (Lipinski definition) is 5. The van der Waals surface area contributed by atoms with E-state index in [1.165, 1.54) is 32.4 Å². The van der Waals surface area contributed by atoms with Gasteiger partial charge in [-0.05, 0) is 23.8 Å². The molecule has 5 nitrogen and oxygen atoms in total. The molecule has 0 saturated carbocycles. The molecule has 0 bridgehead atoms. The van der Waals surface area contributed by atoms with Gasteiger partial charge in [-0.15, -0.1) is 0 Å². The van der Waals surface area contributed by atoms with Crippen LogP contribution in [-0.4, -0.2) is 32.2 Å². The molecule has 120 valence electrons. The summed E-state index contributed by atoms with van der Waals surface area (Å²) in [6.45, 7) is 0. The number of methoxy groups -OCH3 is 3. The highest BCUT2D eigenvalue weighted by atomic mass is 16.5. The number of phenolic OH excluding ortho intramolecular Hbond substituents is 1. The van der Waals surface area contributed by atoms with E-state index in [1.807, 2.05) is 24.3 Å². The molecule has 1 N–H and O–H groups in total. The van der Waals surface area contributed by atoms with Crippen LogP contribution in [-0.2, 0) is 0 Å². The average molecular weight is 314 g/mol. The Kier molecular flexibility index (Phi) is 5.25. The Hall–Kier alpha value is -2.95. The number of rotatable bonds is 6. The topological polar surface area (TPSA) is 65.0 Å². The van der Waals surface area contributed by atoms with Crippen LogP contribution in [0.4, 0.5) is 0 Å². The van der Waals surface area contributed by atoms with Crippen LogP contribution in [0.1, 0.15) is 15.9 Å². The second kappa shape index (κ2) is 7.35. The lowest BCUT2D eigenvalue weighted by Crippen LogP contribution is -2.02. The smallest absolute Gasteiger partial charge is 0.193 e. The average Bonchev–Trinajstić information content (AvgIpc) is 2.59. The van der Waals surface area contributed by atoms with Crippen LogP contribution in [0.3, 0.4) is 0 Å². The predicted octanol–water partition coefficient (Wildman–Crippen LogP) is 3.31. The Balaban J connectivity index is 2.30. The lowest BCUT2D eigenvalue weighted by molar-refractivity contribution is 0.104. The highest BCUT2D eigenvalue weighted by molar-refractivity contribution is 6.10. The summed E-state index contributed by atoms with van der Waals surface area (Å²) in [5.74, 6) is 0.941. The van der Waals surface area contributed by atoms with E-state index in [0.29, 0.717) is 0 Å². The fraction of sp³-hybridized carbons (Fsp3) is 0.167. The van der Waals surface area contributed by atoms with Gasteiger partial charge in [-0.3, -0.25) is 4.79 Å². The molecular weight excluding hydrogens is 296 g/mol. The molecule has 0 spiro atoms. The van der Waals surface area contributed by atoms with E-state index >= 15 is 0 Å². The van der Waals surface area contributed by atoms with Crippen molar-refractivity contribution in [2.45, 2.75) is 0 Å². The van der Waals surface area contributed by atoms with Crippen molar-refractivity contribution < 1.29 is 24.1 Å². The van der Waals surface area contributed by atoms with Gasteiger partial charge in [-0.25, -0.2) is 0 Å². The molecule has 2 aromatic rings. The molecule has 0 unspecified atom stereocenters. The van der Waals surface area contributed by atoms with Gasteiger partial charge in [0.1, 0.15) is 28.6 Å². The standard InChI is InChI=1S/C18H18O5/c1-21-14-7-4-12(5-8-14)6-9-15(20)18-16(22-2)10-13(19)11-17(18)23-3/h4-11,19H,1-3H3/b9-6+. The number of carbonyl (C=O) groups is 1. The zero-order valence-electron chi connectivity index (χ0n) is 13.2. The Morgan fingerprint density at radius 3 is 2.00 bits per heavy atom. The number of benzene rings is 2. The molecule has 0 aliphatic heterocycles. The summed E-state index contributed by atoms with van der Waals surface area (Å²) in [4.78, 5) is 12.5. The summed E-state index contributed by atoms with van der Waals surface area (Å²) in [6, 6.07) is 10.0. The molecule has 0 heterocycles. The first-order valence-corrected chi connectivity index (χ1v) is 6.90. The minimum atomic E-state index is -0.283. The Morgan fingerprint density at radius 1 is 0.957 bits per heavy atom. The van der Waals surface area contributed by atoms with E-state index < -0.39 is 0 Å². The van der Waals surface area contributed by atoms with Crippen molar-refractivity contribution in [3.8, 4) is 23.0 Å². The van der Waals surface area contributed by atoms with E-state index in [9.17, 15) is 9.90 Å². The lowest BCUT2D eigenvalue weighted by Gasteiger charge is -2.11. The maximum atomic E-state index is 12.5. The van der Waals surface area contributed by atoms with E-state index in [4.69, 9.17) is 14.2 Å². The first-order valence-electron chi connectivity index (χ1n) is 6.90. The van der Waals surface area contributed by atoms with E-state index in [-0.39, 0.29) is 28.6 Å². The monoisotopic (exact) mass is 314 g/mol. The molecule has 0 aromatic heterocycles. The number of hydrogen-bond donors (Lipinski definition) is 1. The van der Waals surface area contributed by atoms with Crippen LogP contribution in [0, 0.1) is 0 Å². The Morgan fingerprint density at radius 2 is 1.52 bits per heavy atom. The van der Waals surface area contributed by atoms with Gasteiger partial charge >= 0.3 is 0 Å². The molecule has 0 amide bonds. The van der Waals surface area contributed by atoms with Crippen molar-refractivity contribution in [1.82, 2.24) is 0 Å². The van der Waals surface area contributed by atoms with Crippen molar-refractivity contribution in [3.05, 3.63) is 53.6 Å². The summed E-state index contributed by atoms with van der Waals surface area (Å²) >= 11 is 0. The lowest BCUT2D eigenvalue weighted by atomic mass is 10.1. The molecule has 5 heteroatoms. The molecule has 0 atom stereocenters. The van der Waals surface area contributed by atoms with Crippen molar-refractivity contribution in [2.75, 3.05) is 21.3 Å². The molecule has 0 fully saturated rings. The van der Waals surface area contributed by atoms with Crippen LogP contribution < -0.4 is 14.2 Å². The summed E-state index contributed by atoms with van der Waals surface area (Å²) in [5, 5.41) is 9.62. The third kappa shape index (κ3) is 3.83. The van der Waals surface area contributed by atoms with Crippen LogP contribution in [0.15, 0.2) is 42.5 Å². The number of ketones is 1. The van der Waals surface area contributed by atoms with E-state index in [0.717, 1.165) is 11.3 Å². The normalized spacial score (nSPS) is 10.6. The van der Waals surface area contributed by atoms with E-state index in [1.54, 1.807) is 13.2 Å². The van der Waals surface area contributed by atoms with Crippen molar-refractivity contribution >= 4 is 11.9 Å². The molecule has 0 radical (unpaired) electrons. The largest absolute Gasteiger partial charge is 0.508 e. The number of ether oxygens (including phenoxy) is 3. The third-order valence-electron chi connectivity index (χ3n) is 3.28. The second-order valence-corrected chi connectivity index (χ2v) is 4.70. The SMILES string of the molecule is COc1ccc(/C=C/C(=O)c2c(OC)cc(O)cc2OC)cc1. The van der Waals surface area contributed by atoms with Gasteiger partial charge in [0, 0.05) is 12.1 Å². The number of phenols is 1. The maximum Gasteiger partial charge on any atom is 0.193 e. The zero-order valence-corrected chi connectivity index (χ0v) is 13.2. The highest BCUT2D eigenvalue weighted by Crippen LogP contribution is 2.34. The van der Waals surface area contributed by atoms with Gasteiger partial charge in [0.2, 0.25) is 0 Å². The number of carbonyl (C=O) groups excluding carboxylic acids is 1. The molecular formula is C18H18O5. The highest BCUT2D eigenvalue weighted by Gasteiger charge is 2.17. The van der Waals surface area contributed by atoms with Crippen molar-refractivity contribution in [1.29, 1.82) is 0 Å². The molecule has 2 rings (SSSR count). The summed E-state index contributed by atoms with van der Waals surface area (Å²) in [6.07, 6.45) is 3.12. The van der Waals surface area contributed by atoms with Crippen molar-refractivity contribution in [2.24, 2.45) is 0 Å². The van der Waals surface area contributed by atoms with Gasteiger partial charge in [0.25, 0.3) is 0 Å². The van der Waals surface area contributed by atoms with Crippen LogP contribution in [0.5, 0.6) is 23.0 Å². The predicted molar refractivity (Wildman–Crippen MR) is 87.6 cm³/mol. The summed E-state index contributed by atoms with van der Waals surface area (Å²) in [7, 11) is 4.45. The molecule has 2 aromatic carbocycles. The quantitative estimate of drug-likeness (QED) is 0.654. The van der Waals surface area contributed by atoms with E-state index in [2.05, 4.69) is 0 Å². The second-order valence-electron chi connectivity index (χ2n) is 4.70. The van der Waals surface area contributed by atoms with Gasteiger partial charge in [-0.2, -0.15) is 0 Å². The van der Waals surface area contributed by atoms with Gasteiger partial charge in [-0.1, -0.05) is 18.2 Å². The fourth-order valence-corrected chi connectivity index (χ4v) is 2.11. The summed E-state index contributed by atoms with van der Waals surface area (Å²) in [5.41, 5.74) is 1.12. The number of aromatic hydroxyl groups is 1. The fourth-order valence-electron chi connectivity index (χ4n) is 2.11. The van der Waals surface area contributed by atoms with Gasteiger partial charge < -0.3 is 19.3 Å². The van der Waals surface area contributed by atoms with Crippen molar-refractivity contribution in [3.63, 3.8) is 0 Å². The minimum Gasteiger partial charge on any atom is -0.508 e. The van der Waals surface area contributed by atoms with Crippen LogP contribution in [0.2, 0.25) is 0 Å². The Bertz CT molecular complexity index is 692. The first kappa shape index (κ1) is 16.4. The molecule has 0 aliphatic rings. The molecule has 0 saturated heterocycles. The van der Waals surface area contributed by atoms with Gasteiger partial charge in [0.05, 0.1) is 21.3 Å². The number of allylic oxidation sites excluding steroid dienone is 1. The third-order valence-corrected chi connectivity index (χ3v) is 3.28. The Labute approximate surface area is 134 Å². The zero-order chi connectivity index (χ0) is 16.8. The van der Waals surface area contributed by atoms with Crippen LogP contribution in [0.25, 0.3) is 6.08 Å². The molecule has 0 aliphatic carbocycles. The summed E-state index contributed by atoms with van der Waals surface area (Å²) < 4.78 is 15.4. The first-order chi connectivity index (χ1) is 11.1. The maximum absolute atomic E-state index is 12.5. The molecule has 23 heavy (non-hydrogen) atoms. The van der Waals surface area contributed by atoms with Crippen LogP contribution >= 0.6 is 0 Å². The minimum absolute atomic E-state index is 0.0330. The van der Waals surface area contributed by atoms with Gasteiger partial charge in [0.15, 0.2) is 5.78 Å².